The van der Waals surface area contributed by atoms with Crippen molar-refractivity contribution >= 4 is 24.1 Å². The molecule has 2 fully saturated rings. The maximum atomic E-state index is 12.4. The fourth-order valence-electron chi connectivity index (χ4n) is 3.34. The van der Waals surface area contributed by atoms with Gasteiger partial charge in [0.25, 0.3) is 0 Å². The molecule has 0 saturated carbocycles. The number of likely N-dealkylation sites (tertiary alicyclic amines) is 1. The molecule has 2 heterocycles. The van der Waals surface area contributed by atoms with Crippen molar-refractivity contribution in [1.29, 1.82) is 0 Å². The lowest BCUT2D eigenvalue weighted by molar-refractivity contribution is -0.138. The number of hydrogen-bond donors (Lipinski definition) is 1. The normalized spacial score (nSPS) is 22.3. The fraction of sp³-hybridized carbons (Fsp3) is 0.400. The Hall–Kier alpha value is -2.80. The first-order valence-electron chi connectivity index (χ1n) is 9.15. The standard InChI is InChI=1S/C20H24N4O3/c1-2-10-24-19(26)17(18(25)22-20(24)27)13-21-16-8-11-23(12-9-16)14-15-6-4-3-5-7-15/h2-7,13,16-17H,1,8-12,14H2,(H,22,25,27)/t17-/m0/s1. The molecule has 7 heteroatoms. The van der Waals surface area contributed by atoms with E-state index in [1.807, 2.05) is 18.2 Å². The van der Waals surface area contributed by atoms with E-state index >= 15 is 0 Å². The van der Waals surface area contributed by atoms with Gasteiger partial charge in [0.1, 0.15) is 0 Å². The molecule has 1 N–H and O–H groups in total. The summed E-state index contributed by atoms with van der Waals surface area (Å²) in [6.45, 7) is 6.35. The lowest BCUT2D eigenvalue weighted by atomic mass is 10.0. The van der Waals surface area contributed by atoms with E-state index in [4.69, 9.17) is 0 Å². The Morgan fingerprint density at radius 3 is 2.52 bits per heavy atom. The van der Waals surface area contributed by atoms with Gasteiger partial charge in [0.15, 0.2) is 5.92 Å². The Morgan fingerprint density at radius 2 is 1.85 bits per heavy atom. The number of carbonyl (C=O) groups is 3. The summed E-state index contributed by atoms with van der Waals surface area (Å²) in [6.07, 6.45) is 4.60. The van der Waals surface area contributed by atoms with Crippen molar-refractivity contribution in [3.63, 3.8) is 0 Å². The Balaban J connectivity index is 1.54. The van der Waals surface area contributed by atoms with E-state index in [1.54, 1.807) is 0 Å². The summed E-state index contributed by atoms with van der Waals surface area (Å²) in [5.74, 6) is -2.21. The maximum absolute atomic E-state index is 12.4. The highest BCUT2D eigenvalue weighted by Gasteiger charge is 2.39. The van der Waals surface area contributed by atoms with Gasteiger partial charge in [0, 0.05) is 32.4 Å². The van der Waals surface area contributed by atoms with Crippen LogP contribution in [0.4, 0.5) is 4.79 Å². The van der Waals surface area contributed by atoms with Crippen LogP contribution in [0, 0.1) is 5.92 Å². The molecule has 1 aromatic carbocycles. The zero-order valence-electron chi connectivity index (χ0n) is 15.2. The van der Waals surface area contributed by atoms with E-state index in [1.165, 1.54) is 17.9 Å². The second kappa shape index (κ2) is 8.73. The number of carbonyl (C=O) groups excluding carboxylic acids is 3. The van der Waals surface area contributed by atoms with Gasteiger partial charge in [0.2, 0.25) is 11.8 Å². The fourth-order valence-corrected chi connectivity index (χ4v) is 3.34. The Bertz CT molecular complexity index is 739. The summed E-state index contributed by atoms with van der Waals surface area (Å²) >= 11 is 0. The van der Waals surface area contributed by atoms with Gasteiger partial charge in [-0.05, 0) is 18.4 Å². The number of benzene rings is 1. The first kappa shape index (κ1) is 19.0. The van der Waals surface area contributed by atoms with Crippen LogP contribution < -0.4 is 5.32 Å². The number of hydrogen-bond acceptors (Lipinski definition) is 5. The number of imide groups is 2. The lowest BCUT2D eigenvalue weighted by Gasteiger charge is -2.31. The average Bonchev–Trinajstić information content (AvgIpc) is 2.67. The van der Waals surface area contributed by atoms with Crippen LogP contribution in [-0.2, 0) is 16.1 Å². The Labute approximate surface area is 158 Å². The largest absolute Gasteiger partial charge is 0.331 e. The van der Waals surface area contributed by atoms with E-state index in [2.05, 4.69) is 33.9 Å². The maximum Gasteiger partial charge on any atom is 0.331 e. The molecule has 7 nitrogen and oxygen atoms in total. The quantitative estimate of drug-likeness (QED) is 0.470. The highest BCUT2D eigenvalue weighted by atomic mass is 16.2. The van der Waals surface area contributed by atoms with Gasteiger partial charge in [0.05, 0.1) is 6.04 Å². The first-order chi connectivity index (χ1) is 13.1. The first-order valence-corrected chi connectivity index (χ1v) is 9.15. The summed E-state index contributed by atoms with van der Waals surface area (Å²) in [4.78, 5) is 43.9. The summed E-state index contributed by atoms with van der Waals surface area (Å²) in [5, 5.41) is 2.20. The van der Waals surface area contributed by atoms with E-state index in [0.717, 1.165) is 37.4 Å². The van der Waals surface area contributed by atoms with Crippen molar-refractivity contribution in [3.05, 3.63) is 48.6 Å². The van der Waals surface area contributed by atoms with E-state index in [9.17, 15) is 14.4 Å². The molecule has 0 radical (unpaired) electrons. The van der Waals surface area contributed by atoms with Crippen molar-refractivity contribution in [2.75, 3.05) is 19.6 Å². The number of aliphatic imine (C=N–C) groups is 1. The average molecular weight is 368 g/mol. The van der Waals surface area contributed by atoms with Crippen LogP contribution in [0.5, 0.6) is 0 Å². The van der Waals surface area contributed by atoms with Crippen LogP contribution in [0.25, 0.3) is 0 Å². The number of barbiturate groups is 1. The van der Waals surface area contributed by atoms with Crippen LogP contribution in [0.3, 0.4) is 0 Å². The predicted octanol–water partition coefficient (Wildman–Crippen LogP) is 1.60. The minimum atomic E-state index is -1.05. The van der Waals surface area contributed by atoms with Gasteiger partial charge in [-0.2, -0.15) is 0 Å². The second-order valence-electron chi connectivity index (χ2n) is 6.80. The number of piperidine rings is 1. The molecular formula is C20H24N4O3. The van der Waals surface area contributed by atoms with Gasteiger partial charge in [-0.3, -0.25) is 29.7 Å². The SMILES string of the molecule is C=CCN1C(=O)NC(=O)[C@H](C=NC2CCN(Cc3ccccc3)CC2)C1=O. The van der Waals surface area contributed by atoms with E-state index in [-0.39, 0.29) is 12.6 Å². The molecule has 1 atom stereocenters. The zero-order valence-corrected chi connectivity index (χ0v) is 15.2. The number of rotatable bonds is 6. The molecule has 142 valence electrons. The zero-order chi connectivity index (χ0) is 19.2. The van der Waals surface area contributed by atoms with Gasteiger partial charge < -0.3 is 0 Å². The topological polar surface area (TPSA) is 82.1 Å². The number of nitrogens with one attached hydrogen (secondary N) is 1. The van der Waals surface area contributed by atoms with Crippen molar-refractivity contribution in [3.8, 4) is 0 Å². The third-order valence-corrected chi connectivity index (χ3v) is 4.85. The predicted molar refractivity (Wildman–Crippen MR) is 102 cm³/mol. The molecule has 0 aliphatic carbocycles. The smallest absolute Gasteiger partial charge is 0.299 e. The molecule has 0 unspecified atom stereocenters. The van der Waals surface area contributed by atoms with Crippen molar-refractivity contribution in [2.24, 2.45) is 10.9 Å². The molecule has 2 aliphatic heterocycles. The summed E-state index contributed by atoms with van der Waals surface area (Å²) in [5.41, 5.74) is 1.29. The second-order valence-corrected chi connectivity index (χ2v) is 6.80. The monoisotopic (exact) mass is 368 g/mol. The summed E-state index contributed by atoms with van der Waals surface area (Å²) in [7, 11) is 0. The van der Waals surface area contributed by atoms with Crippen LogP contribution >= 0.6 is 0 Å². The van der Waals surface area contributed by atoms with E-state index in [0.29, 0.717) is 0 Å². The number of amides is 4. The Morgan fingerprint density at radius 1 is 1.15 bits per heavy atom. The van der Waals surface area contributed by atoms with Gasteiger partial charge >= 0.3 is 6.03 Å². The van der Waals surface area contributed by atoms with Crippen LogP contribution in [0.1, 0.15) is 18.4 Å². The molecule has 1 aromatic rings. The lowest BCUT2D eigenvalue weighted by Crippen LogP contribution is -2.58. The number of urea groups is 1. The highest BCUT2D eigenvalue weighted by molar-refractivity contribution is 6.23. The number of nitrogens with zero attached hydrogens (tertiary/aromatic N) is 3. The molecule has 27 heavy (non-hydrogen) atoms. The minimum absolute atomic E-state index is 0.0696. The van der Waals surface area contributed by atoms with Gasteiger partial charge in [-0.1, -0.05) is 36.4 Å². The van der Waals surface area contributed by atoms with Crippen LogP contribution in [0.15, 0.2) is 48.0 Å². The molecular weight excluding hydrogens is 344 g/mol. The molecule has 0 bridgehead atoms. The third-order valence-electron chi connectivity index (χ3n) is 4.85. The summed E-state index contributed by atoms with van der Waals surface area (Å²) < 4.78 is 0. The minimum Gasteiger partial charge on any atom is -0.299 e. The Kier molecular flexibility index (Phi) is 6.13. The van der Waals surface area contributed by atoms with Crippen molar-refractivity contribution in [2.45, 2.75) is 25.4 Å². The molecule has 0 spiro atoms. The highest BCUT2D eigenvalue weighted by Crippen LogP contribution is 2.17. The van der Waals surface area contributed by atoms with Crippen LogP contribution in [-0.4, -0.2) is 59.5 Å². The molecule has 4 amide bonds. The van der Waals surface area contributed by atoms with Gasteiger partial charge in [-0.15, -0.1) is 6.58 Å². The third kappa shape index (κ3) is 4.68. The molecule has 2 aliphatic rings. The molecule has 0 aromatic heterocycles. The molecule has 3 rings (SSSR count). The van der Waals surface area contributed by atoms with Gasteiger partial charge in [-0.25, -0.2) is 4.79 Å². The van der Waals surface area contributed by atoms with Crippen molar-refractivity contribution in [1.82, 2.24) is 15.1 Å². The summed E-state index contributed by atoms with van der Waals surface area (Å²) in [6, 6.07) is 9.71. The van der Waals surface area contributed by atoms with Crippen LogP contribution in [0.2, 0.25) is 0 Å². The van der Waals surface area contributed by atoms with E-state index < -0.39 is 23.8 Å². The molecule has 2 saturated heterocycles. The van der Waals surface area contributed by atoms with Crippen molar-refractivity contribution < 1.29 is 14.4 Å².